The van der Waals surface area contributed by atoms with Crippen LogP contribution in [0.1, 0.15) is 10.5 Å². The predicted octanol–water partition coefficient (Wildman–Crippen LogP) is 0.449. The first-order chi connectivity index (χ1) is 7.31. The van der Waals surface area contributed by atoms with Gasteiger partial charge in [0.2, 0.25) is 0 Å². The van der Waals surface area contributed by atoms with Crippen LogP contribution in [0, 0.1) is 0 Å². The summed E-state index contributed by atoms with van der Waals surface area (Å²) < 4.78 is 6.05. The summed E-state index contributed by atoms with van der Waals surface area (Å²) in [6.45, 7) is 0. The first kappa shape index (κ1) is 9.32. The third kappa shape index (κ3) is 1.83. The standard InChI is InChI=1S/C9H8N4O2/c1-15-9(14)7-5-10-6-8(12-7)13-4-2-3-11-13/h2-6H,1H3. The maximum Gasteiger partial charge on any atom is 0.358 e. The molecule has 0 aliphatic carbocycles. The van der Waals surface area contributed by atoms with Crippen LogP contribution in [0.3, 0.4) is 0 Å². The van der Waals surface area contributed by atoms with Crippen LogP contribution in [0.4, 0.5) is 0 Å². The summed E-state index contributed by atoms with van der Waals surface area (Å²) in [5, 5.41) is 3.97. The second-order valence-electron chi connectivity index (χ2n) is 2.70. The van der Waals surface area contributed by atoms with E-state index in [4.69, 9.17) is 0 Å². The smallest absolute Gasteiger partial charge is 0.358 e. The van der Waals surface area contributed by atoms with Crippen molar-refractivity contribution in [2.75, 3.05) is 7.11 Å². The summed E-state index contributed by atoms with van der Waals surface area (Å²) in [6, 6.07) is 1.76. The fourth-order valence-corrected chi connectivity index (χ4v) is 1.07. The molecule has 0 N–H and O–H groups in total. The van der Waals surface area contributed by atoms with E-state index in [0.717, 1.165) is 0 Å². The average molecular weight is 204 g/mol. The van der Waals surface area contributed by atoms with Crippen LogP contribution < -0.4 is 0 Å². The van der Waals surface area contributed by atoms with Gasteiger partial charge in [0.1, 0.15) is 0 Å². The van der Waals surface area contributed by atoms with Crippen molar-refractivity contribution in [3.05, 3.63) is 36.5 Å². The third-order valence-electron chi connectivity index (χ3n) is 1.76. The monoisotopic (exact) mass is 204 g/mol. The highest BCUT2D eigenvalue weighted by molar-refractivity contribution is 5.86. The number of hydrogen-bond donors (Lipinski definition) is 0. The molecule has 0 unspecified atom stereocenters. The summed E-state index contributed by atoms with van der Waals surface area (Å²) in [4.78, 5) is 19.1. The number of hydrogen-bond acceptors (Lipinski definition) is 5. The van der Waals surface area contributed by atoms with Gasteiger partial charge in [0.15, 0.2) is 11.5 Å². The van der Waals surface area contributed by atoms with Gasteiger partial charge in [-0.25, -0.2) is 14.5 Å². The van der Waals surface area contributed by atoms with Crippen LogP contribution in [0.25, 0.3) is 5.82 Å². The minimum Gasteiger partial charge on any atom is -0.464 e. The van der Waals surface area contributed by atoms with E-state index in [9.17, 15) is 4.79 Å². The Bertz CT molecular complexity index is 467. The van der Waals surface area contributed by atoms with Gasteiger partial charge in [0, 0.05) is 12.4 Å². The van der Waals surface area contributed by atoms with Crippen molar-refractivity contribution in [3.8, 4) is 5.82 Å². The molecule has 6 heteroatoms. The molecule has 2 aromatic heterocycles. The first-order valence-electron chi connectivity index (χ1n) is 4.21. The Hall–Kier alpha value is -2.24. The minimum absolute atomic E-state index is 0.158. The van der Waals surface area contributed by atoms with Gasteiger partial charge >= 0.3 is 5.97 Å². The summed E-state index contributed by atoms with van der Waals surface area (Å²) >= 11 is 0. The molecule has 2 aromatic rings. The van der Waals surface area contributed by atoms with E-state index in [1.807, 2.05) is 0 Å². The molecule has 0 amide bonds. The van der Waals surface area contributed by atoms with Crippen molar-refractivity contribution < 1.29 is 9.53 Å². The van der Waals surface area contributed by atoms with Crippen molar-refractivity contribution >= 4 is 5.97 Å². The van der Waals surface area contributed by atoms with E-state index in [-0.39, 0.29) is 5.69 Å². The van der Waals surface area contributed by atoms with Crippen molar-refractivity contribution in [3.63, 3.8) is 0 Å². The molecule has 0 fully saturated rings. The molecule has 15 heavy (non-hydrogen) atoms. The zero-order chi connectivity index (χ0) is 10.7. The molecule has 6 nitrogen and oxygen atoms in total. The number of ether oxygens (including phenoxy) is 1. The average Bonchev–Trinajstić information content (AvgIpc) is 2.82. The lowest BCUT2D eigenvalue weighted by Gasteiger charge is -2.01. The van der Waals surface area contributed by atoms with Crippen LogP contribution >= 0.6 is 0 Å². The Morgan fingerprint density at radius 2 is 2.33 bits per heavy atom. The molecular formula is C9H8N4O2. The van der Waals surface area contributed by atoms with Gasteiger partial charge < -0.3 is 4.74 Å². The minimum atomic E-state index is -0.517. The molecule has 0 aliphatic heterocycles. The predicted molar refractivity (Wildman–Crippen MR) is 50.5 cm³/mol. The molecule has 0 radical (unpaired) electrons. The van der Waals surface area contributed by atoms with E-state index in [2.05, 4.69) is 19.8 Å². The molecule has 2 heterocycles. The molecular weight excluding hydrogens is 196 g/mol. The van der Waals surface area contributed by atoms with Gasteiger partial charge in [-0.15, -0.1) is 0 Å². The molecule has 0 bridgehead atoms. The van der Waals surface area contributed by atoms with E-state index in [1.165, 1.54) is 24.2 Å². The van der Waals surface area contributed by atoms with Crippen LogP contribution in [0.2, 0.25) is 0 Å². The van der Waals surface area contributed by atoms with Crippen LogP contribution in [-0.2, 0) is 4.74 Å². The highest BCUT2D eigenvalue weighted by Gasteiger charge is 2.09. The maximum absolute atomic E-state index is 11.2. The lowest BCUT2D eigenvalue weighted by Crippen LogP contribution is -2.08. The quantitative estimate of drug-likeness (QED) is 0.664. The third-order valence-corrected chi connectivity index (χ3v) is 1.76. The number of carbonyl (C=O) groups is 1. The fourth-order valence-electron chi connectivity index (χ4n) is 1.07. The van der Waals surface area contributed by atoms with E-state index in [1.54, 1.807) is 18.5 Å². The van der Waals surface area contributed by atoms with Crippen molar-refractivity contribution in [1.29, 1.82) is 0 Å². The van der Waals surface area contributed by atoms with Crippen LogP contribution in [-0.4, -0.2) is 32.8 Å². The lowest BCUT2D eigenvalue weighted by molar-refractivity contribution is 0.0593. The molecule has 76 valence electrons. The zero-order valence-electron chi connectivity index (χ0n) is 7.99. The van der Waals surface area contributed by atoms with Gasteiger partial charge in [-0.2, -0.15) is 5.10 Å². The number of nitrogens with zero attached hydrogens (tertiary/aromatic N) is 4. The number of rotatable bonds is 2. The van der Waals surface area contributed by atoms with Gasteiger partial charge in [-0.1, -0.05) is 0 Å². The van der Waals surface area contributed by atoms with E-state index in [0.29, 0.717) is 5.82 Å². The maximum atomic E-state index is 11.2. The zero-order valence-corrected chi connectivity index (χ0v) is 7.99. The second-order valence-corrected chi connectivity index (χ2v) is 2.70. The molecule has 0 saturated carbocycles. The molecule has 0 aromatic carbocycles. The molecule has 0 saturated heterocycles. The SMILES string of the molecule is COC(=O)c1cncc(-n2cccn2)n1. The fraction of sp³-hybridized carbons (Fsp3) is 0.111. The van der Waals surface area contributed by atoms with Gasteiger partial charge in [-0.3, -0.25) is 4.98 Å². The molecule has 2 rings (SSSR count). The van der Waals surface area contributed by atoms with Crippen LogP contribution in [0.15, 0.2) is 30.9 Å². The molecule has 0 atom stereocenters. The van der Waals surface area contributed by atoms with Gasteiger partial charge in [0.05, 0.1) is 19.5 Å². The Labute approximate surface area is 85.5 Å². The van der Waals surface area contributed by atoms with Gasteiger partial charge in [-0.05, 0) is 6.07 Å². The van der Waals surface area contributed by atoms with E-state index < -0.39 is 5.97 Å². The number of esters is 1. The Balaban J connectivity index is 2.39. The second kappa shape index (κ2) is 3.87. The van der Waals surface area contributed by atoms with E-state index >= 15 is 0 Å². The van der Waals surface area contributed by atoms with Crippen molar-refractivity contribution in [1.82, 2.24) is 19.7 Å². The Kier molecular flexibility index (Phi) is 2.40. The van der Waals surface area contributed by atoms with Gasteiger partial charge in [0.25, 0.3) is 0 Å². The summed E-state index contributed by atoms with van der Waals surface area (Å²) in [7, 11) is 1.30. The summed E-state index contributed by atoms with van der Waals surface area (Å²) in [6.07, 6.45) is 6.19. The molecule has 0 spiro atoms. The number of aromatic nitrogens is 4. The number of carbonyl (C=O) groups excluding carboxylic acids is 1. The van der Waals surface area contributed by atoms with Crippen molar-refractivity contribution in [2.45, 2.75) is 0 Å². The Morgan fingerprint density at radius 1 is 1.47 bits per heavy atom. The molecule has 0 aliphatic rings. The van der Waals surface area contributed by atoms with Crippen LogP contribution in [0.5, 0.6) is 0 Å². The normalized spacial score (nSPS) is 9.93. The lowest BCUT2D eigenvalue weighted by atomic mass is 10.4. The summed E-state index contributed by atoms with van der Waals surface area (Å²) in [5.41, 5.74) is 0.158. The number of methoxy groups -OCH3 is 1. The highest BCUT2D eigenvalue weighted by Crippen LogP contribution is 2.02. The largest absolute Gasteiger partial charge is 0.464 e. The van der Waals surface area contributed by atoms with Crippen molar-refractivity contribution in [2.24, 2.45) is 0 Å². The highest BCUT2D eigenvalue weighted by atomic mass is 16.5. The topological polar surface area (TPSA) is 69.9 Å². The first-order valence-corrected chi connectivity index (χ1v) is 4.21. The summed E-state index contributed by atoms with van der Waals surface area (Å²) in [5.74, 6) is -0.0422. The Morgan fingerprint density at radius 3 is 3.00 bits per heavy atom.